The van der Waals surface area contributed by atoms with Gasteiger partial charge in [-0.1, -0.05) is 6.07 Å². The molecule has 22 heavy (non-hydrogen) atoms. The van der Waals surface area contributed by atoms with Gasteiger partial charge in [0.15, 0.2) is 0 Å². The van der Waals surface area contributed by atoms with E-state index in [2.05, 4.69) is 9.97 Å². The predicted octanol–water partition coefficient (Wildman–Crippen LogP) is 1.42. The third-order valence-electron chi connectivity index (χ3n) is 4.05. The Bertz CT molecular complexity index is 833. The normalized spacial score (nSPS) is 15.5. The summed E-state index contributed by atoms with van der Waals surface area (Å²) in [6, 6.07) is 5.20. The Morgan fingerprint density at radius 3 is 2.73 bits per heavy atom. The van der Waals surface area contributed by atoms with Crippen molar-refractivity contribution in [3.8, 4) is 0 Å². The summed E-state index contributed by atoms with van der Waals surface area (Å²) >= 11 is 0. The van der Waals surface area contributed by atoms with E-state index in [0.717, 1.165) is 16.7 Å². The number of nitrogen functional groups attached to an aromatic ring is 1. The van der Waals surface area contributed by atoms with Crippen LogP contribution >= 0.6 is 0 Å². The summed E-state index contributed by atoms with van der Waals surface area (Å²) in [6.07, 6.45) is 2.28. The van der Waals surface area contributed by atoms with Gasteiger partial charge >= 0.3 is 0 Å². The van der Waals surface area contributed by atoms with Gasteiger partial charge in [0.05, 0.1) is 17.1 Å². The molecule has 0 bridgehead atoms. The Morgan fingerprint density at radius 1 is 1.23 bits per heavy atom. The smallest absolute Gasteiger partial charge is 0.243 e. The van der Waals surface area contributed by atoms with E-state index in [1.165, 1.54) is 4.31 Å². The third kappa shape index (κ3) is 2.57. The zero-order chi connectivity index (χ0) is 15.9. The fraction of sp³-hybridized carbons (Fsp3) is 0.333. The molecule has 116 valence electrons. The second-order valence-corrected chi connectivity index (χ2v) is 7.47. The molecule has 6 nitrogen and oxygen atoms in total. The first-order chi connectivity index (χ1) is 10.4. The lowest BCUT2D eigenvalue weighted by Gasteiger charge is -2.27. The molecule has 1 aromatic carbocycles. The van der Waals surface area contributed by atoms with E-state index in [1.807, 2.05) is 19.9 Å². The summed E-state index contributed by atoms with van der Waals surface area (Å²) in [5.41, 5.74) is 9.27. The molecular weight excluding hydrogens is 300 g/mol. The van der Waals surface area contributed by atoms with E-state index in [4.69, 9.17) is 5.73 Å². The maximum absolute atomic E-state index is 12.8. The SMILES string of the molecule is Cc1ccc(S(=O)(=O)N2CCc3cnc(N)nc3C2)cc1C. The predicted molar refractivity (Wildman–Crippen MR) is 83.7 cm³/mol. The average molecular weight is 318 g/mol. The van der Waals surface area contributed by atoms with Crippen LogP contribution in [0.15, 0.2) is 29.3 Å². The fourth-order valence-electron chi connectivity index (χ4n) is 2.52. The van der Waals surface area contributed by atoms with Crippen molar-refractivity contribution in [1.29, 1.82) is 0 Å². The van der Waals surface area contributed by atoms with Crippen molar-refractivity contribution >= 4 is 16.0 Å². The minimum Gasteiger partial charge on any atom is -0.368 e. The van der Waals surface area contributed by atoms with Gasteiger partial charge in [-0.15, -0.1) is 0 Å². The van der Waals surface area contributed by atoms with E-state index in [1.54, 1.807) is 18.3 Å². The Balaban J connectivity index is 1.95. The molecule has 0 radical (unpaired) electrons. The molecule has 7 heteroatoms. The molecule has 0 amide bonds. The first kappa shape index (κ1) is 14.9. The van der Waals surface area contributed by atoms with Crippen LogP contribution < -0.4 is 5.73 Å². The third-order valence-corrected chi connectivity index (χ3v) is 5.89. The Labute approximate surface area is 130 Å². The molecule has 0 atom stereocenters. The van der Waals surface area contributed by atoms with Crippen LogP contribution in [0.5, 0.6) is 0 Å². The van der Waals surface area contributed by atoms with Gasteiger partial charge in [0, 0.05) is 12.7 Å². The van der Waals surface area contributed by atoms with Crippen molar-refractivity contribution in [2.24, 2.45) is 0 Å². The first-order valence-corrected chi connectivity index (χ1v) is 8.49. The number of aryl methyl sites for hydroxylation is 2. The molecule has 0 aliphatic carbocycles. The number of nitrogens with zero attached hydrogens (tertiary/aromatic N) is 3. The summed E-state index contributed by atoms with van der Waals surface area (Å²) in [6.45, 7) is 4.53. The zero-order valence-corrected chi connectivity index (χ0v) is 13.4. The van der Waals surface area contributed by atoms with Crippen molar-refractivity contribution in [3.05, 3.63) is 46.8 Å². The monoisotopic (exact) mass is 318 g/mol. The topological polar surface area (TPSA) is 89.2 Å². The first-order valence-electron chi connectivity index (χ1n) is 7.05. The number of aromatic nitrogens is 2. The van der Waals surface area contributed by atoms with E-state index >= 15 is 0 Å². The minimum absolute atomic E-state index is 0.171. The summed E-state index contributed by atoms with van der Waals surface area (Å²) in [5.74, 6) is 0.171. The largest absolute Gasteiger partial charge is 0.368 e. The molecule has 2 N–H and O–H groups in total. The van der Waals surface area contributed by atoms with Crippen LogP contribution in [0.4, 0.5) is 5.95 Å². The molecule has 0 spiro atoms. The van der Waals surface area contributed by atoms with Gasteiger partial charge in [0.1, 0.15) is 0 Å². The highest BCUT2D eigenvalue weighted by molar-refractivity contribution is 7.89. The molecule has 0 saturated carbocycles. The summed E-state index contributed by atoms with van der Waals surface area (Å²) in [7, 11) is -3.52. The number of benzene rings is 1. The molecule has 0 saturated heterocycles. The van der Waals surface area contributed by atoms with Crippen molar-refractivity contribution in [3.63, 3.8) is 0 Å². The summed E-state index contributed by atoms with van der Waals surface area (Å²) < 4.78 is 27.0. The van der Waals surface area contributed by atoms with E-state index in [9.17, 15) is 8.42 Å². The highest BCUT2D eigenvalue weighted by Crippen LogP contribution is 2.25. The number of hydrogen-bond acceptors (Lipinski definition) is 5. The van der Waals surface area contributed by atoms with Crippen LogP contribution in [0.3, 0.4) is 0 Å². The standard InChI is InChI=1S/C15H18N4O2S/c1-10-3-4-13(7-11(10)2)22(20,21)19-6-5-12-8-17-15(16)18-14(12)9-19/h3-4,7-8H,5-6,9H2,1-2H3,(H2,16,17,18). The molecule has 1 aromatic heterocycles. The van der Waals surface area contributed by atoms with Gasteiger partial charge in [-0.3, -0.25) is 0 Å². The van der Waals surface area contributed by atoms with Crippen molar-refractivity contribution < 1.29 is 8.42 Å². The number of anilines is 1. The molecule has 1 aliphatic rings. The number of rotatable bonds is 2. The van der Waals surface area contributed by atoms with Crippen LogP contribution in [0, 0.1) is 13.8 Å². The summed E-state index contributed by atoms with van der Waals surface area (Å²) in [5, 5.41) is 0. The van der Waals surface area contributed by atoms with E-state index < -0.39 is 10.0 Å². The molecular formula is C15H18N4O2S. The van der Waals surface area contributed by atoms with Crippen molar-refractivity contribution in [2.75, 3.05) is 12.3 Å². The fourth-order valence-corrected chi connectivity index (χ4v) is 4.01. The lowest BCUT2D eigenvalue weighted by molar-refractivity contribution is 0.385. The minimum atomic E-state index is -3.52. The molecule has 3 rings (SSSR count). The lowest BCUT2D eigenvalue weighted by atomic mass is 10.1. The van der Waals surface area contributed by atoms with Gasteiger partial charge in [0.2, 0.25) is 16.0 Å². The second kappa shape index (κ2) is 5.33. The Morgan fingerprint density at radius 2 is 2.00 bits per heavy atom. The van der Waals surface area contributed by atoms with E-state index in [0.29, 0.717) is 23.6 Å². The quantitative estimate of drug-likeness (QED) is 0.904. The Hall–Kier alpha value is -1.99. The van der Waals surface area contributed by atoms with Gasteiger partial charge < -0.3 is 5.73 Å². The van der Waals surface area contributed by atoms with E-state index in [-0.39, 0.29) is 12.5 Å². The highest BCUT2D eigenvalue weighted by Gasteiger charge is 2.29. The maximum Gasteiger partial charge on any atom is 0.243 e. The van der Waals surface area contributed by atoms with Crippen LogP contribution in [-0.2, 0) is 23.0 Å². The maximum atomic E-state index is 12.8. The lowest BCUT2D eigenvalue weighted by Crippen LogP contribution is -2.36. The highest BCUT2D eigenvalue weighted by atomic mass is 32.2. The number of hydrogen-bond donors (Lipinski definition) is 1. The average Bonchev–Trinajstić information content (AvgIpc) is 2.49. The molecule has 0 fully saturated rings. The van der Waals surface area contributed by atoms with Gasteiger partial charge in [-0.2, -0.15) is 4.31 Å². The van der Waals surface area contributed by atoms with Gasteiger partial charge in [0.25, 0.3) is 0 Å². The Kier molecular flexibility index (Phi) is 3.62. The van der Waals surface area contributed by atoms with Crippen LogP contribution in [0.1, 0.15) is 22.4 Å². The number of sulfonamides is 1. The van der Waals surface area contributed by atoms with Crippen LogP contribution in [0.2, 0.25) is 0 Å². The molecule has 2 aromatic rings. The zero-order valence-electron chi connectivity index (χ0n) is 12.6. The molecule has 1 aliphatic heterocycles. The number of fused-ring (bicyclic) bond motifs is 1. The molecule has 2 heterocycles. The summed E-state index contributed by atoms with van der Waals surface area (Å²) in [4.78, 5) is 8.44. The van der Waals surface area contributed by atoms with Gasteiger partial charge in [-0.05, 0) is 49.1 Å². The van der Waals surface area contributed by atoms with Crippen LogP contribution in [-0.4, -0.2) is 29.2 Å². The van der Waals surface area contributed by atoms with Crippen molar-refractivity contribution in [2.45, 2.75) is 31.7 Å². The number of nitrogens with two attached hydrogens (primary N) is 1. The van der Waals surface area contributed by atoms with Gasteiger partial charge in [-0.25, -0.2) is 18.4 Å². The molecule has 0 unspecified atom stereocenters. The van der Waals surface area contributed by atoms with Crippen LogP contribution in [0.25, 0.3) is 0 Å². The second-order valence-electron chi connectivity index (χ2n) is 5.53. The van der Waals surface area contributed by atoms with Crippen molar-refractivity contribution in [1.82, 2.24) is 14.3 Å².